The Morgan fingerprint density at radius 3 is 2.94 bits per heavy atom. The number of aromatic carboxylic acids is 1. The average molecular weight is 241 g/mol. The number of ether oxygens (including phenoxy) is 2. The second kappa shape index (κ2) is 4.75. The third kappa shape index (κ3) is 2.26. The Bertz CT molecular complexity index is 414. The van der Waals surface area contributed by atoms with Gasteiger partial charge >= 0.3 is 11.9 Å². The van der Waals surface area contributed by atoms with E-state index in [-0.39, 0.29) is 23.7 Å². The molecule has 6 nitrogen and oxygen atoms in total. The summed E-state index contributed by atoms with van der Waals surface area (Å²) in [6.45, 7) is 4.66. The van der Waals surface area contributed by atoms with Gasteiger partial charge in [0.2, 0.25) is 11.6 Å². The largest absolute Gasteiger partial charge is 0.476 e. The number of hydrogen-bond acceptors (Lipinski definition) is 5. The van der Waals surface area contributed by atoms with E-state index in [4.69, 9.17) is 19.0 Å². The first kappa shape index (κ1) is 11.9. The quantitative estimate of drug-likeness (QED) is 0.863. The van der Waals surface area contributed by atoms with E-state index >= 15 is 0 Å². The molecule has 1 N–H and O–H groups in total. The number of nitrogens with zero attached hydrogens (tertiary/aromatic N) is 1. The molecule has 0 bridgehead atoms. The molecule has 1 fully saturated rings. The van der Waals surface area contributed by atoms with Crippen LogP contribution >= 0.6 is 0 Å². The molecular formula is C11H15NO5. The first-order valence-electron chi connectivity index (χ1n) is 5.62. The summed E-state index contributed by atoms with van der Waals surface area (Å²) in [5, 5.41) is 8.98. The molecule has 2 atom stereocenters. The van der Waals surface area contributed by atoms with Crippen LogP contribution in [-0.2, 0) is 4.74 Å². The lowest BCUT2D eigenvalue weighted by atomic mass is 10.0. The molecule has 2 unspecified atom stereocenters. The van der Waals surface area contributed by atoms with Crippen molar-refractivity contribution < 1.29 is 23.8 Å². The van der Waals surface area contributed by atoms with E-state index in [1.54, 1.807) is 6.92 Å². The third-order valence-corrected chi connectivity index (χ3v) is 2.78. The zero-order chi connectivity index (χ0) is 12.4. The molecule has 2 rings (SSSR count). The molecule has 0 spiro atoms. The number of rotatable bonds is 4. The number of carboxylic acids is 1. The van der Waals surface area contributed by atoms with Crippen LogP contribution in [-0.4, -0.2) is 35.4 Å². The SMILES string of the molecule is CCOc1oc(C2CCOC2C)nc1C(=O)O. The average Bonchev–Trinajstić information content (AvgIpc) is 2.84. The van der Waals surface area contributed by atoms with Crippen LogP contribution in [0, 0.1) is 0 Å². The standard InChI is InChI=1S/C11H15NO5/c1-3-15-11-8(10(13)14)12-9(17-11)7-4-5-16-6(7)2/h6-7H,3-5H2,1-2H3,(H,13,14). The van der Waals surface area contributed by atoms with Crippen molar-refractivity contribution in [1.82, 2.24) is 4.98 Å². The molecule has 0 radical (unpaired) electrons. The topological polar surface area (TPSA) is 81.8 Å². The lowest BCUT2D eigenvalue weighted by Crippen LogP contribution is -2.10. The fourth-order valence-electron chi connectivity index (χ4n) is 1.90. The van der Waals surface area contributed by atoms with Crippen LogP contribution in [0.25, 0.3) is 0 Å². The van der Waals surface area contributed by atoms with Gasteiger partial charge in [0.15, 0.2) is 0 Å². The minimum absolute atomic E-state index is 0.00214. The van der Waals surface area contributed by atoms with E-state index in [0.29, 0.717) is 19.1 Å². The molecule has 2 heterocycles. The molecule has 1 aromatic rings. The number of carbonyl (C=O) groups is 1. The summed E-state index contributed by atoms with van der Waals surface area (Å²) in [7, 11) is 0. The first-order valence-corrected chi connectivity index (χ1v) is 5.62. The molecule has 0 aliphatic carbocycles. The molecule has 1 aliphatic heterocycles. The van der Waals surface area contributed by atoms with Gasteiger partial charge in [-0.15, -0.1) is 0 Å². The second-order valence-electron chi connectivity index (χ2n) is 3.90. The molecule has 1 aliphatic rings. The number of oxazole rings is 1. The van der Waals surface area contributed by atoms with E-state index in [0.717, 1.165) is 6.42 Å². The highest BCUT2D eigenvalue weighted by Crippen LogP contribution is 2.33. The summed E-state index contributed by atoms with van der Waals surface area (Å²) in [5.41, 5.74) is -0.166. The zero-order valence-electron chi connectivity index (χ0n) is 9.80. The Kier molecular flexibility index (Phi) is 3.33. The molecule has 1 saturated heterocycles. The van der Waals surface area contributed by atoms with Crippen molar-refractivity contribution >= 4 is 5.97 Å². The Balaban J connectivity index is 2.29. The minimum atomic E-state index is -1.14. The van der Waals surface area contributed by atoms with Crippen molar-refractivity contribution in [2.75, 3.05) is 13.2 Å². The summed E-state index contributed by atoms with van der Waals surface area (Å²) in [6, 6.07) is 0. The Hall–Kier alpha value is -1.56. The van der Waals surface area contributed by atoms with E-state index < -0.39 is 5.97 Å². The van der Waals surface area contributed by atoms with Crippen LogP contribution < -0.4 is 4.74 Å². The zero-order valence-corrected chi connectivity index (χ0v) is 9.80. The molecular weight excluding hydrogens is 226 g/mol. The van der Waals surface area contributed by atoms with Gasteiger partial charge in [0, 0.05) is 6.61 Å². The summed E-state index contributed by atoms with van der Waals surface area (Å²) >= 11 is 0. The van der Waals surface area contributed by atoms with E-state index in [2.05, 4.69) is 4.98 Å². The second-order valence-corrected chi connectivity index (χ2v) is 3.90. The lowest BCUT2D eigenvalue weighted by Gasteiger charge is -2.08. The van der Waals surface area contributed by atoms with Crippen LogP contribution in [0.2, 0.25) is 0 Å². The monoisotopic (exact) mass is 241 g/mol. The highest BCUT2D eigenvalue weighted by molar-refractivity contribution is 5.87. The Labute approximate surface area is 98.5 Å². The van der Waals surface area contributed by atoms with Crippen LogP contribution in [0.1, 0.15) is 42.6 Å². The van der Waals surface area contributed by atoms with Crippen LogP contribution in [0.3, 0.4) is 0 Å². The molecule has 17 heavy (non-hydrogen) atoms. The van der Waals surface area contributed by atoms with Gasteiger partial charge in [-0.05, 0) is 20.3 Å². The maximum atomic E-state index is 11.0. The summed E-state index contributed by atoms with van der Waals surface area (Å²) in [4.78, 5) is 15.0. The fraction of sp³-hybridized carbons (Fsp3) is 0.636. The van der Waals surface area contributed by atoms with Gasteiger partial charge < -0.3 is 19.0 Å². The molecule has 1 aromatic heterocycles. The van der Waals surface area contributed by atoms with Gasteiger partial charge in [-0.2, -0.15) is 0 Å². The molecule has 0 aromatic carbocycles. The maximum absolute atomic E-state index is 11.0. The first-order chi connectivity index (χ1) is 8.13. The molecule has 6 heteroatoms. The Morgan fingerprint density at radius 1 is 1.65 bits per heavy atom. The molecule has 0 amide bonds. The minimum Gasteiger partial charge on any atom is -0.476 e. The number of hydrogen-bond donors (Lipinski definition) is 1. The summed E-state index contributed by atoms with van der Waals surface area (Å²) in [6.07, 6.45) is 0.775. The molecule has 0 saturated carbocycles. The van der Waals surface area contributed by atoms with Gasteiger partial charge in [0.1, 0.15) is 0 Å². The predicted molar refractivity (Wildman–Crippen MR) is 57.4 cm³/mol. The van der Waals surface area contributed by atoms with Gasteiger partial charge in [-0.25, -0.2) is 9.78 Å². The van der Waals surface area contributed by atoms with Crippen molar-refractivity contribution in [1.29, 1.82) is 0 Å². The van der Waals surface area contributed by atoms with Crippen molar-refractivity contribution in [2.24, 2.45) is 0 Å². The van der Waals surface area contributed by atoms with Crippen LogP contribution in [0.5, 0.6) is 5.95 Å². The number of carboxylic acid groups (broad SMARTS) is 1. The predicted octanol–water partition coefficient (Wildman–Crippen LogP) is 1.66. The van der Waals surface area contributed by atoms with E-state index in [1.165, 1.54) is 0 Å². The smallest absolute Gasteiger partial charge is 0.362 e. The highest BCUT2D eigenvalue weighted by atomic mass is 16.6. The van der Waals surface area contributed by atoms with E-state index in [9.17, 15) is 4.79 Å². The van der Waals surface area contributed by atoms with Crippen molar-refractivity contribution in [2.45, 2.75) is 32.3 Å². The van der Waals surface area contributed by atoms with Crippen molar-refractivity contribution in [3.05, 3.63) is 11.6 Å². The summed E-state index contributed by atoms with van der Waals surface area (Å²) in [5.74, 6) is -0.776. The van der Waals surface area contributed by atoms with Gasteiger partial charge in [0.05, 0.1) is 18.6 Å². The van der Waals surface area contributed by atoms with E-state index in [1.807, 2.05) is 6.92 Å². The van der Waals surface area contributed by atoms with Gasteiger partial charge in [0.25, 0.3) is 0 Å². The maximum Gasteiger partial charge on any atom is 0.362 e. The normalized spacial score (nSPS) is 23.9. The highest BCUT2D eigenvalue weighted by Gasteiger charge is 2.33. The van der Waals surface area contributed by atoms with Crippen LogP contribution in [0.4, 0.5) is 0 Å². The van der Waals surface area contributed by atoms with Crippen LogP contribution in [0.15, 0.2) is 4.42 Å². The lowest BCUT2D eigenvalue weighted by molar-refractivity contribution is 0.0683. The number of aromatic nitrogens is 1. The van der Waals surface area contributed by atoms with Crippen molar-refractivity contribution in [3.63, 3.8) is 0 Å². The van der Waals surface area contributed by atoms with Gasteiger partial charge in [-0.1, -0.05) is 0 Å². The van der Waals surface area contributed by atoms with Gasteiger partial charge in [-0.3, -0.25) is 0 Å². The fourth-order valence-corrected chi connectivity index (χ4v) is 1.90. The molecule has 94 valence electrons. The Morgan fingerprint density at radius 2 is 2.41 bits per heavy atom. The van der Waals surface area contributed by atoms with Crippen molar-refractivity contribution in [3.8, 4) is 5.95 Å². The third-order valence-electron chi connectivity index (χ3n) is 2.78. The summed E-state index contributed by atoms with van der Waals surface area (Å²) < 4.78 is 15.9.